The van der Waals surface area contributed by atoms with Crippen LogP contribution in [0.4, 0.5) is 11.4 Å². The minimum atomic E-state index is -0.625. The molecular weight excluding hydrogens is 297 g/mol. The van der Waals surface area contributed by atoms with Crippen molar-refractivity contribution in [1.82, 2.24) is 4.90 Å². The number of hydrogen-bond donors (Lipinski definition) is 1. The Morgan fingerprint density at radius 3 is 2.29 bits per heavy atom. The van der Waals surface area contributed by atoms with E-state index in [1.54, 1.807) is 6.07 Å². The summed E-state index contributed by atoms with van der Waals surface area (Å²) < 4.78 is 0. The third kappa shape index (κ3) is 7.80. The van der Waals surface area contributed by atoms with E-state index in [9.17, 15) is 10.1 Å². The topological polar surface area (TPSA) is 96.2 Å². The minimum absolute atomic E-state index is 0. The Morgan fingerprint density at radius 2 is 1.94 bits per heavy atom. The zero-order valence-corrected chi connectivity index (χ0v) is 12.8. The zero-order valence-electron chi connectivity index (χ0n) is 9.97. The monoisotopic (exact) mass is 310 g/mol. The average molecular weight is 310 g/mol. The molecule has 0 saturated carbocycles. The van der Waals surface area contributed by atoms with Gasteiger partial charge in [0.15, 0.2) is 5.69 Å². The fourth-order valence-corrected chi connectivity index (χ4v) is 0.693. The first-order chi connectivity index (χ1) is 7.38. The normalized spacial score (nSPS) is 8.41. The van der Waals surface area contributed by atoms with Crippen molar-refractivity contribution in [2.45, 2.75) is 0 Å². The predicted octanol–water partition coefficient (Wildman–Crippen LogP) is 1.02. The van der Waals surface area contributed by atoms with Gasteiger partial charge in [-0.15, -0.1) is 6.07 Å². The number of hydrogen-bond acceptors (Lipinski definition) is 5. The maximum Gasteiger partial charge on any atom is 0.191 e. The van der Waals surface area contributed by atoms with Crippen LogP contribution in [0.2, 0.25) is 0 Å². The molecule has 0 amide bonds. The first-order valence-electron chi connectivity index (χ1n) is 4.35. The predicted molar refractivity (Wildman–Crippen MR) is 60.7 cm³/mol. The molecule has 0 aliphatic carbocycles. The van der Waals surface area contributed by atoms with Gasteiger partial charge in [-0.25, -0.2) is 0 Å². The third-order valence-corrected chi connectivity index (χ3v) is 1.27. The van der Waals surface area contributed by atoms with Crippen LogP contribution in [-0.2, 0) is 32.7 Å². The summed E-state index contributed by atoms with van der Waals surface area (Å²) in [6, 6.07) is 6.50. The second-order valence-corrected chi connectivity index (χ2v) is 3.38. The number of nitro benzene ring substituents is 1. The van der Waals surface area contributed by atoms with Crippen LogP contribution in [0.1, 0.15) is 5.56 Å². The zero-order chi connectivity index (χ0) is 12.7. The van der Waals surface area contributed by atoms with Gasteiger partial charge >= 0.3 is 0 Å². The summed E-state index contributed by atoms with van der Waals surface area (Å²) >= 11 is 0. The molecule has 2 N–H and O–H groups in total. The second kappa shape index (κ2) is 9.05. The van der Waals surface area contributed by atoms with Gasteiger partial charge in [-0.2, -0.15) is 0 Å². The summed E-state index contributed by atoms with van der Waals surface area (Å²) in [6.07, 6.45) is 0. The standard InChI is InChI=1S/C7H4N3O2.C3H9N.Y/c8-4-5-3-6(10(11)12)1-2-7(5)9;1-4(2)3;/h1-2H,9H2;1-3H3;/q-1;;. The average Bonchev–Trinajstić information content (AvgIpc) is 2.17. The van der Waals surface area contributed by atoms with Crippen molar-refractivity contribution in [2.75, 3.05) is 26.9 Å². The van der Waals surface area contributed by atoms with Crippen LogP contribution in [0.5, 0.6) is 0 Å². The van der Waals surface area contributed by atoms with Crippen LogP contribution >= 0.6 is 0 Å². The van der Waals surface area contributed by atoms with Crippen molar-refractivity contribution < 1.29 is 37.6 Å². The maximum atomic E-state index is 10.2. The van der Waals surface area contributed by atoms with E-state index in [2.05, 4.69) is 6.07 Å². The molecule has 7 heteroatoms. The first kappa shape index (κ1) is 18.3. The Balaban J connectivity index is 0. The summed E-state index contributed by atoms with van der Waals surface area (Å²) in [5.74, 6) is 0. The van der Waals surface area contributed by atoms with Crippen LogP contribution in [-0.4, -0.2) is 31.0 Å². The second-order valence-electron chi connectivity index (χ2n) is 3.38. The quantitative estimate of drug-likeness (QED) is 0.361. The Morgan fingerprint density at radius 1 is 1.47 bits per heavy atom. The molecule has 0 heterocycles. The molecule has 0 aliphatic rings. The van der Waals surface area contributed by atoms with Crippen LogP contribution < -0.4 is 5.73 Å². The van der Waals surface area contributed by atoms with Gasteiger partial charge in [0.1, 0.15) is 0 Å². The summed E-state index contributed by atoms with van der Waals surface area (Å²) in [7, 11) is 6.00. The molecule has 0 spiro atoms. The molecule has 0 atom stereocenters. The number of anilines is 1. The molecule has 1 radical (unpaired) electrons. The van der Waals surface area contributed by atoms with Gasteiger partial charge < -0.3 is 10.6 Å². The molecule has 17 heavy (non-hydrogen) atoms. The van der Waals surface area contributed by atoms with E-state index < -0.39 is 4.92 Å². The van der Waals surface area contributed by atoms with E-state index in [0.29, 0.717) is 0 Å². The molecule has 1 rings (SSSR count). The maximum absolute atomic E-state index is 10.2. The van der Waals surface area contributed by atoms with Crippen molar-refractivity contribution in [3.63, 3.8) is 0 Å². The summed E-state index contributed by atoms with van der Waals surface area (Å²) in [4.78, 5) is 11.6. The number of non-ortho nitro benzene ring substituents is 1. The number of nitriles is 1. The minimum Gasteiger partial charge on any atom is -0.436 e. The van der Waals surface area contributed by atoms with Crippen molar-refractivity contribution in [1.29, 1.82) is 5.26 Å². The molecule has 0 fully saturated rings. The SMILES string of the molecule is CN(C)C.N#Cc1[c-]c([N+](=O)[O-])ccc1N.[Y]. The number of nitrogens with zero attached hydrogens (tertiary/aromatic N) is 3. The Hall–Kier alpha value is -1.03. The van der Waals surface area contributed by atoms with E-state index in [1.807, 2.05) is 26.0 Å². The van der Waals surface area contributed by atoms with Crippen LogP contribution in [0.3, 0.4) is 0 Å². The number of benzene rings is 1. The van der Waals surface area contributed by atoms with E-state index in [1.165, 1.54) is 12.1 Å². The van der Waals surface area contributed by atoms with E-state index >= 15 is 0 Å². The molecule has 1 aromatic carbocycles. The van der Waals surface area contributed by atoms with Crippen molar-refractivity contribution >= 4 is 11.4 Å². The summed E-state index contributed by atoms with van der Waals surface area (Å²) in [5.41, 5.74) is 5.28. The molecule has 0 bridgehead atoms. The largest absolute Gasteiger partial charge is 0.436 e. The fraction of sp³-hybridized carbons (Fsp3) is 0.300. The Labute approximate surface area is 125 Å². The van der Waals surface area contributed by atoms with E-state index in [4.69, 9.17) is 11.0 Å². The third-order valence-electron chi connectivity index (χ3n) is 1.27. The van der Waals surface area contributed by atoms with Gasteiger partial charge in [-0.3, -0.25) is 15.4 Å². The number of nitrogens with two attached hydrogens (primary N) is 1. The van der Waals surface area contributed by atoms with E-state index in [-0.39, 0.29) is 49.6 Å². The van der Waals surface area contributed by atoms with Gasteiger partial charge in [0.25, 0.3) is 0 Å². The Bertz CT molecular complexity index is 413. The molecule has 0 aliphatic heterocycles. The molecular formula is C10H13N4O2Y-. The fourth-order valence-electron chi connectivity index (χ4n) is 0.693. The van der Waals surface area contributed by atoms with Gasteiger partial charge in [-0.05, 0) is 39.0 Å². The smallest absolute Gasteiger partial charge is 0.191 e. The van der Waals surface area contributed by atoms with Crippen LogP contribution in [0.25, 0.3) is 0 Å². The molecule has 89 valence electrons. The summed E-state index contributed by atoms with van der Waals surface area (Å²) in [6.45, 7) is 0. The van der Waals surface area contributed by atoms with Gasteiger partial charge in [-0.1, -0.05) is 11.6 Å². The molecule has 0 aromatic heterocycles. The Kier molecular flexibility index (Phi) is 9.77. The number of nitrogen functional groups attached to an aromatic ring is 1. The number of rotatable bonds is 1. The molecule has 6 nitrogen and oxygen atoms in total. The van der Waals surface area contributed by atoms with Crippen LogP contribution in [0.15, 0.2) is 12.1 Å². The molecule has 0 unspecified atom stereocenters. The van der Waals surface area contributed by atoms with Crippen molar-refractivity contribution in [3.05, 3.63) is 33.9 Å². The van der Waals surface area contributed by atoms with Crippen LogP contribution in [0, 0.1) is 27.5 Å². The van der Waals surface area contributed by atoms with Gasteiger partial charge in [0, 0.05) is 37.6 Å². The summed E-state index contributed by atoms with van der Waals surface area (Å²) in [5, 5.41) is 18.6. The number of nitro groups is 1. The van der Waals surface area contributed by atoms with Crippen molar-refractivity contribution in [2.24, 2.45) is 0 Å². The van der Waals surface area contributed by atoms with Gasteiger partial charge in [0.2, 0.25) is 0 Å². The van der Waals surface area contributed by atoms with E-state index in [0.717, 1.165) is 0 Å². The van der Waals surface area contributed by atoms with Crippen molar-refractivity contribution in [3.8, 4) is 6.07 Å². The van der Waals surface area contributed by atoms with Gasteiger partial charge in [0.05, 0.1) is 0 Å². The molecule has 0 saturated heterocycles. The molecule has 1 aromatic rings. The first-order valence-corrected chi connectivity index (χ1v) is 4.35.